The Morgan fingerprint density at radius 3 is 2.94 bits per heavy atom. The van der Waals surface area contributed by atoms with Gasteiger partial charge in [0.25, 0.3) is 5.91 Å². The predicted molar refractivity (Wildman–Crippen MR) is 122 cm³/mol. The normalized spacial score (nSPS) is 20.0. The molecule has 3 aromatic rings. The van der Waals surface area contributed by atoms with Gasteiger partial charge in [-0.3, -0.25) is 9.78 Å². The van der Waals surface area contributed by atoms with Gasteiger partial charge in [-0.25, -0.2) is 0 Å². The number of carbonyl (C=O) groups is 1. The minimum Gasteiger partial charge on any atom is -0.484 e. The Kier molecular flexibility index (Phi) is 5.21. The number of benzene rings is 1. The highest BCUT2D eigenvalue weighted by atomic mass is 32.1. The monoisotopic (exact) mass is 450 g/mol. The number of hydrogen-bond donors (Lipinski definition) is 2. The number of aliphatic hydroxyl groups excluding tert-OH is 1. The molecular weight excluding hydrogens is 428 g/mol. The Morgan fingerprint density at radius 1 is 1.38 bits per heavy atom. The fourth-order valence-electron chi connectivity index (χ4n) is 4.13. The first-order valence-corrected chi connectivity index (χ1v) is 11.3. The first-order chi connectivity index (χ1) is 15.5. The predicted octanol–water partition coefficient (Wildman–Crippen LogP) is 2.94. The van der Waals surface area contributed by atoms with Gasteiger partial charge in [-0.05, 0) is 19.1 Å². The third-order valence-corrected chi connectivity index (χ3v) is 6.74. The Bertz CT molecular complexity index is 1240. The fraction of sp³-hybridized carbons (Fsp3) is 0.348. The van der Waals surface area contributed by atoms with Crippen LogP contribution >= 0.6 is 11.3 Å². The number of aromatic nitrogens is 1. The van der Waals surface area contributed by atoms with Crippen LogP contribution in [-0.4, -0.2) is 54.5 Å². The Morgan fingerprint density at radius 2 is 2.19 bits per heavy atom. The smallest absolute Gasteiger partial charge is 0.258 e. The lowest BCUT2D eigenvalue weighted by Crippen LogP contribution is -2.36. The topological polar surface area (TPSA) is 108 Å². The van der Waals surface area contributed by atoms with Crippen molar-refractivity contribution in [3.05, 3.63) is 46.5 Å². The molecule has 5 rings (SSSR count). The number of pyridine rings is 1. The summed E-state index contributed by atoms with van der Waals surface area (Å²) >= 11 is 1.39. The Labute approximate surface area is 189 Å². The lowest BCUT2D eigenvalue weighted by atomic mass is 9.99. The van der Waals surface area contributed by atoms with Crippen molar-refractivity contribution in [3.63, 3.8) is 0 Å². The van der Waals surface area contributed by atoms with Gasteiger partial charge in [0.15, 0.2) is 0 Å². The number of rotatable bonds is 4. The van der Waals surface area contributed by atoms with E-state index < -0.39 is 5.60 Å². The zero-order valence-electron chi connectivity index (χ0n) is 17.6. The van der Waals surface area contributed by atoms with Crippen LogP contribution in [-0.2, 0) is 11.2 Å². The van der Waals surface area contributed by atoms with Gasteiger partial charge in [-0.2, -0.15) is 5.26 Å². The molecule has 2 aliphatic heterocycles. The molecule has 2 N–H and O–H groups in total. The number of fused-ring (bicyclic) bond motifs is 2. The molecule has 9 heteroatoms. The molecule has 1 saturated heterocycles. The highest BCUT2D eigenvalue weighted by Gasteiger charge is 2.35. The van der Waals surface area contributed by atoms with Gasteiger partial charge in [0.05, 0.1) is 52.5 Å². The second kappa shape index (κ2) is 8.06. The summed E-state index contributed by atoms with van der Waals surface area (Å²) in [6, 6.07) is 7.70. The van der Waals surface area contributed by atoms with Crippen LogP contribution < -0.4 is 15.0 Å². The fourth-order valence-corrected chi connectivity index (χ4v) is 5.07. The summed E-state index contributed by atoms with van der Waals surface area (Å²) in [6.45, 7) is 4.42. The zero-order chi connectivity index (χ0) is 22.3. The minimum absolute atomic E-state index is 0.0898. The van der Waals surface area contributed by atoms with Crippen molar-refractivity contribution < 1.29 is 19.4 Å². The number of aliphatic hydroxyl groups is 1. The molecule has 0 bridgehead atoms. The lowest BCUT2D eigenvalue weighted by Gasteiger charge is -2.31. The second-order valence-electron chi connectivity index (χ2n) is 8.25. The van der Waals surface area contributed by atoms with Crippen molar-refractivity contribution in [2.75, 3.05) is 43.1 Å². The van der Waals surface area contributed by atoms with Crippen LogP contribution in [0.25, 0.3) is 10.2 Å². The van der Waals surface area contributed by atoms with Gasteiger partial charge in [-0.1, -0.05) is 0 Å². The summed E-state index contributed by atoms with van der Waals surface area (Å²) in [5, 5.41) is 23.7. The summed E-state index contributed by atoms with van der Waals surface area (Å²) in [5.74, 6) is 0.472. The molecule has 1 atom stereocenters. The number of hydrogen-bond acceptors (Lipinski definition) is 8. The average molecular weight is 451 g/mol. The average Bonchev–Trinajstić information content (AvgIpc) is 3.39. The molecule has 0 radical (unpaired) electrons. The number of nitriles is 1. The standard InChI is InChI=1S/C23H22N4O4S/c1-23(13-28)9-15-7-17(18(8-19(15)31-23)27-2-4-30-5-3-27)26-22(29)16-12-32-20-6-14(10-24)11-25-21(16)20/h6-8,11-12,28H,2-5,9,13H2,1H3,(H,26,29). The van der Waals surface area contributed by atoms with Crippen LogP contribution in [0.4, 0.5) is 11.4 Å². The van der Waals surface area contributed by atoms with Crippen molar-refractivity contribution in [3.8, 4) is 11.8 Å². The van der Waals surface area contributed by atoms with Gasteiger partial charge >= 0.3 is 0 Å². The second-order valence-corrected chi connectivity index (χ2v) is 9.16. The van der Waals surface area contributed by atoms with E-state index in [0.29, 0.717) is 55.1 Å². The highest BCUT2D eigenvalue weighted by Crippen LogP contribution is 2.42. The molecule has 1 unspecified atom stereocenters. The van der Waals surface area contributed by atoms with E-state index >= 15 is 0 Å². The van der Waals surface area contributed by atoms with E-state index in [1.807, 2.05) is 19.1 Å². The highest BCUT2D eigenvalue weighted by molar-refractivity contribution is 7.17. The number of ether oxygens (including phenoxy) is 2. The van der Waals surface area contributed by atoms with E-state index in [9.17, 15) is 9.90 Å². The molecule has 4 heterocycles. The molecular formula is C23H22N4O4S. The van der Waals surface area contributed by atoms with Crippen molar-refractivity contribution in [2.45, 2.75) is 18.9 Å². The molecule has 8 nitrogen and oxygen atoms in total. The van der Waals surface area contributed by atoms with Crippen LogP contribution in [0, 0.1) is 11.3 Å². The third kappa shape index (κ3) is 3.66. The molecule has 164 valence electrons. The molecule has 0 saturated carbocycles. The number of anilines is 2. The van der Waals surface area contributed by atoms with Crippen LogP contribution in [0.5, 0.6) is 5.75 Å². The number of nitrogens with zero attached hydrogens (tertiary/aromatic N) is 3. The van der Waals surface area contributed by atoms with Crippen LogP contribution in [0.15, 0.2) is 29.8 Å². The molecule has 2 aliphatic rings. The zero-order valence-corrected chi connectivity index (χ0v) is 18.4. The maximum absolute atomic E-state index is 13.2. The van der Waals surface area contributed by atoms with Gasteiger partial charge in [0.1, 0.15) is 17.4 Å². The number of thiophene rings is 1. The third-order valence-electron chi connectivity index (χ3n) is 5.82. The van der Waals surface area contributed by atoms with E-state index in [1.54, 1.807) is 11.4 Å². The first-order valence-electron chi connectivity index (χ1n) is 10.4. The molecule has 1 amide bonds. The maximum atomic E-state index is 13.2. The van der Waals surface area contributed by atoms with E-state index in [-0.39, 0.29) is 12.5 Å². The largest absolute Gasteiger partial charge is 0.484 e. The van der Waals surface area contributed by atoms with Crippen molar-refractivity contribution in [1.82, 2.24) is 4.98 Å². The van der Waals surface area contributed by atoms with E-state index in [1.165, 1.54) is 17.5 Å². The molecule has 1 aromatic carbocycles. The summed E-state index contributed by atoms with van der Waals surface area (Å²) in [5.41, 5.74) is 3.35. The molecule has 1 fully saturated rings. The summed E-state index contributed by atoms with van der Waals surface area (Å²) in [4.78, 5) is 19.7. The van der Waals surface area contributed by atoms with Gasteiger partial charge in [0.2, 0.25) is 0 Å². The number of carbonyl (C=O) groups excluding carboxylic acids is 1. The first kappa shape index (κ1) is 20.7. The van der Waals surface area contributed by atoms with Crippen LogP contribution in [0.3, 0.4) is 0 Å². The molecule has 32 heavy (non-hydrogen) atoms. The summed E-state index contributed by atoms with van der Waals surface area (Å²) in [6.07, 6.45) is 2.04. The van der Waals surface area contributed by atoms with Gasteiger partial charge < -0.3 is 24.8 Å². The number of nitrogens with one attached hydrogen (secondary N) is 1. The Balaban J connectivity index is 1.50. The lowest BCUT2D eigenvalue weighted by molar-refractivity contribution is 0.0446. The molecule has 0 spiro atoms. The minimum atomic E-state index is -0.667. The van der Waals surface area contributed by atoms with Crippen LogP contribution in [0.1, 0.15) is 28.4 Å². The summed E-state index contributed by atoms with van der Waals surface area (Å²) in [7, 11) is 0. The number of morpholine rings is 1. The van der Waals surface area contributed by atoms with Crippen LogP contribution in [0.2, 0.25) is 0 Å². The molecule has 0 aliphatic carbocycles. The van der Waals surface area contributed by atoms with Gasteiger partial charge in [-0.15, -0.1) is 11.3 Å². The number of amides is 1. The van der Waals surface area contributed by atoms with Crippen molar-refractivity contribution in [1.29, 1.82) is 5.26 Å². The van der Waals surface area contributed by atoms with E-state index in [4.69, 9.17) is 14.7 Å². The van der Waals surface area contributed by atoms with Crippen molar-refractivity contribution in [2.24, 2.45) is 0 Å². The van der Waals surface area contributed by atoms with E-state index in [2.05, 4.69) is 21.3 Å². The SMILES string of the molecule is CC1(CO)Cc2cc(NC(=O)c3csc4cc(C#N)cnc34)c(N3CCOCC3)cc2O1. The summed E-state index contributed by atoms with van der Waals surface area (Å²) < 4.78 is 12.3. The van der Waals surface area contributed by atoms with E-state index in [0.717, 1.165) is 21.7 Å². The van der Waals surface area contributed by atoms with Crippen molar-refractivity contribution >= 4 is 38.8 Å². The maximum Gasteiger partial charge on any atom is 0.258 e. The molecule has 2 aromatic heterocycles. The Hall–Kier alpha value is -3.19. The van der Waals surface area contributed by atoms with Gasteiger partial charge in [0, 0.05) is 42.7 Å². The quantitative estimate of drug-likeness (QED) is 0.629.